The van der Waals surface area contributed by atoms with Crippen LogP contribution in [0, 0.1) is 0 Å². The van der Waals surface area contributed by atoms with Gasteiger partial charge in [-0.1, -0.05) is 84.9 Å². The van der Waals surface area contributed by atoms with Crippen LogP contribution in [0.25, 0.3) is 43.8 Å². The van der Waals surface area contributed by atoms with Crippen molar-refractivity contribution in [2.45, 2.75) is 0 Å². The van der Waals surface area contributed by atoms with Crippen molar-refractivity contribution >= 4 is 27.2 Å². The lowest BCUT2D eigenvalue weighted by Crippen LogP contribution is -1.91. The molecule has 5 rings (SSSR count). The Hall–Kier alpha value is -3.58. The molecular formula is C26H19N. The second-order valence-electron chi connectivity index (χ2n) is 6.86. The van der Waals surface area contributed by atoms with Crippen LogP contribution in [0.1, 0.15) is 0 Å². The lowest BCUT2D eigenvalue weighted by atomic mass is 9.91. The number of hydrogen-bond acceptors (Lipinski definition) is 1. The zero-order valence-electron chi connectivity index (χ0n) is 14.9. The van der Waals surface area contributed by atoms with Crippen LogP contribution in [0.3, 0.4) is 0 Å². The molecule has 2 N–H and O–H groups in total. The summed E-state index contributed by atoms with van der Waals surface area (Å²) < 4.78 is 0. The molecule has 0 radical (unpaired) electrons. The monoisotopic (exact) mass is 345 g/mol. The van der Waals surface area contributed by atoms with E-state index in [2.05, 4.69) is 78.9 Å². The van der Waals surface area contributed by atoms with E-state index in [4.69, 9.17) is 5.73 Å². The summed E-state index contributed by atoms with van der Waals surface area (Å²) in [5.41, 5.74) is 11.7. The fourth-order valence-corrected chi connectivity index (χ4v) is 3.88. The van der Waals surface area contributed by atoms with Crippen molar-refractivity contribution in [3.63, 3.8) is 0 Å². The molecule has 0 unspecified atom stereocenters. The summed E-state index contributed by atoms with van der Waals surface area (Å²) in [6.07, 6.45) is 0. The van der Waals surface area contributed by atoms with E-state index in [1.165, 1.54) is 32.7 Å². The van der Waals surface area contributed by atoms with Crippen molar-refractivity contribution in [1.29, 1.82) is 0 Å². The third kappa shape index (κ3) is 2.65. The van der Waals surface area contributed by atoms with Gasteiger partial charge in [-0.3, -0.25) is 0 Å². The highest BCUT2D eigenvalue weighted by atomic mass is 14.6. The van der Waals surface area contributed by atoms with Crippen LogP contribution in [0.2, 0.25) is 0 Å². The lowest BCUT2D eigenvalue weighted by Gasteiger charge is -2.13. The van der Waals surface area contributed by atoms with E-state index in [1.54, 1.807) is 0 Å². The first-order valence-electron chi connectivity index (χ1n) is 9.17. The SMILES string of the molecule is Nc1ccc(-c2cc3ccccc3c3ccccc23)cc1-c1ccccc1. The fraction of sp³-hybridized carbons (Fsp3) is 0. The van der Waals surface area contributed by atoms with Crippen molar-refractivity contribution in [3.8, 4) is 22.3 Å². The number of benzene rings is 5. The Kier molecular flexibility index (Phi) is 3.65. The molecule has 0 aliphatic rings. The Labute approximate surface area is 158 Å². The summed E-state index contributed by atoms with van der Waals surface area (Å²) in [6.45, 7) is 0. The molecule has 0 aliphatic heterocycles. The molecule has 0 heterocycles. The molecular weight excluding hydrogens is 326 g/mol. The number of hydrogen-bond donors (Lipinski definition) is 1. The summed E-state index contributed by atoms with van der Waals surface area (Å²) in [5, 5.41) is 5.09. The Morgan fingerprint density at radius 2 is 1.11 bits per heavy atom. The molecule has 0 aliphatic carbocycles. The van der Waals surface area contributed by atoms with Crippen LogP contribution < -0.4 is 5.73 Å². The fourth-order valence-electron chi connectivity index (χ4n) is 3.88. The van der Waals surface area contributed by atoms with Crippen molar-refractivity contribution in [1.82, 2.24) is 0 Å². The van der Waals surface area contributed by atoms with Crippen LogP contribution in [0.15, 0.2) is 103 Å². The molecule has 5 aromatic carbocycles. The maximum Gasteiger partial charge on any atom is 0.0394 e. The van der Waals surface area contributed by atoms with E-state index in [0.717, 1.165) is 16.8 Å². The van der Waals surface area contributed by atoms with Gasteiger partial charge in [0.1, 0.15) is 0 Å². The average Bonchev–Trinajstić information content (AvgIpc) is 2.74. The quantitative estimate of drug-likeness (QED) is 0.273. The largest absolute Gasteiger partial charge is 0.398 e. The van der Waals surface area contributed by atoms with Gasteiger partial charge in [-0.15, -0.1) is 0 Å². The smallest absolute Gasteiger partial charge is 0.0394 e. The zero-order chi connectivity index (χ0) is 18.2. The molecule has 0 saturated carbocycles. The van der Waals surface area contributed by atoms with Crippen LogP contribution >= 0.6 is 0 Å². The van der Waals surface area contributed by atoms with E-state index >= 15 is 0 Å². The lowest BCUT2D eigenvalue weighted by molar-refractivity contribution is 1.60. The van der Waals surface area contributed by atoms with Crippen LogP contribution in [0.5, 0.6) is 0 Å². The third-order valence-electron chi connectivity index (χ3n) is 5.22. The average molecular weight is 345 g/mol. The molecule has 0 fully saturated rings. The first-order chi connectivity index (χ1) is 13.3. The minimum Gasteiger partial charge on any atom is -0.398 e. The van der Waals surface area contributed by atoms with E-state index in [1.807, 2.05) is 24.3 Å². The zero-order valence-corrected chi connectivity index (χ0v) is 14.9. The highest BCUT2D eigenvalue weighted by Gasteiger charge is 2.10. The van der Waals surface area contributed by atoms with Gasteiger partial charge in [-0.25, -0.2) is 0 Å². The van der Waals surface area contributed by atoms with Gasteiger partial charge in [0.15, 0.2) is 0 Å². The second kappa shape index (κ2) is 6.30. The van der Waals surface area contributed by atoms with Crippen LogP contribution in [0.4, 0.5) is 5.69 Å². The highest BCUT2D eigenvalue weighted by Crippen LogP contribution is 2.37. The summed E-state index contributed by atoms with van der Waals surface area (Å²) >= 11 is 0. The number of nitrogens with two attached hydrogens (primary N) is 1. The molecule has 0 bridgehead atoms. The first-order valence-corrected chi connectivity index (χ1v) is 9.17. The molecule has 5 aromatic rings. The highest BCUT2D eigenvalue weighted by molar-refractivity contribution is 6.13. The molecule has 27 heavy (non-hydrogen) atoms. The van der Waals surface area contributed by atoms with Gasteiger partial charge >= 0.3 is 0 Å². The number of fused-ring (bicyclic) bond motifs is 3. The number of rotatable bonds is 2. The Morgan fingerprint density at radius 3 is 1.93 bits per heavy atom. The van der Waals surface area contributed by atoms with Crippen molar-refractivity contribution < 1.29 is 0 Å². The van der Waals surface area contributed by atoms with Gasteiger partial charge in [-0.05, 0) is 56.4 Å². The van der Waals surface area contributed by atoms with Crippen molar-refractivity contribution in [2.24, 2.45) is 0 Å². The molecule has 0 aromatic heterocycles. The minimum atomic E-state index is 0.801. The van der Waals surface area contributed by atoms with Gasteiger partial charge in [-0.2, -0.15) is 0 Å². The Morgan fingerprint density at radius 1 is 0.444 bits per heavy atom. The second-order valence-corrected chi connectivity index (χ2v) is 6.86. The summed E-state index contributed by atoms with van der Waals surface area (Å²) in [6, 6.07) is 36.2. The maximum absolute atomic E-state index is 6.30. The van der Waals surface area contributed by atoms with Gasteiger partial charge in [0.25, 0.3) is 0 Å². The van der Waals surface area contributed by atoms with Gasteiger partial charge in [0.2, 0.25) is 0 Å². The molecule has 0 spiro atoms. The summed E-state index contributed by atoms with van der Waals surface area (Å²) in [7, 11) is 0. The third-order valence-corrected chi connectivity index (χ3v) is 5.22. The Balaban J connectivity index is 1.81. The van der Waals surface area contributed by atoms with Crippen LogP contribution in [-0.2, 0) is 0 Å². The molecule has 1 heteroatoms. The minimum absolute atomic E-state index is 0.801. The number of nitrogen functional groups attached to an aromatic ring is 1. The summed E-state index contributed by atoms with van der Waals surface area (Å²) in [5.74, 6) is 0. The molecule has 0 amide bonds. The summed E-state index contributed by atoms with van der Waals surface area (Å²) in [4.78, 5) is 0. The maximum atomic E-state index is 6.30. The van der Waals surface area contributed by atoms with Crippen molar-refractivity contribution in [2.75, 3.05) is 5.73 Å². The molecule has 1 nitrogen and oxygen atoms in total. The molecule has 128 valence electrons. The first kappa shape index (κ1) is 15.7. The number of anilines is 1. The normalized spacial score (nSPS) is 11.1. The van der Waals surface area contributed by atoms with Gasteiger partial charge in [0, 0.05) is 11.3 Å². The van der Waals surface area contributed by atoms with E-state index in [9.17, 15) is 0 Å². The predicted octanol–water partition coefficient (Wildman–Crippen LogP) is 6.91. The standard InChI is InChI=1S/C26H19N/c27-26-15-14-20(17-25(26)18-8-2-1-3-9-18)24-16-19-10-4-5-11-21(19)22-12-6-7-13-23(22)24/h1-17H,27H2. The van der Waals surface area contributed by atoms with E-state index < -0.39 is 0 Å². The van der Waals surface area contributed by atoms with Crippen molar-refractivity contribution in [3.05, 3.63) is 103 Å². The predicted molar refractivity (Wildman–Crippen MR) is 117 cm³/mol. The molecule has 0 saturated heterocycles. The van der Waals surface area contributed by atoms with Crippen LogP contribution in [-0.4, -0.2) is 0 Å². The van der Waals surface area contributed by atoms with E-state index in [-0.39, 0.29) is 0 Å². The Bertz CT molecular complexity index is 1270. The van der Waals surface area contributed by atoms with Gasteiger partial charge in [0.05, 0.1) is 0 Å². The molecule has 0 atom stereocenters. The topological polar surface area (TPSA) is 26.0 Å². The van der Waals surface area contributed by atoms with E-state index in [0.29, 0.717) is 0 Å². The van der Waals surface area contributed by atoms with Gasteiger partial charge < -0.3 is 5.73 Å².